The number of carboxylic acids is 1. The Morgan fingerprint density at radius 1 is 1.45 bits per heavy atom. The summed E-state index contributed by atoms with van der Waals surface area (Å²) >= 11 is 3.43. The fourth-order valence-corrected chi connectivity index (χ4v) is 2.57. The van der Waals surface area contributed by atoms with Gasteiger partial charge in [0, 0.05) is 10.5 Å². The van der Waals surface area contributed by atoms with Crippen LogP contribution in [0.25, 0.3) is 6.08 Å². The van der Waals surface area contributed by atoms with E-state index in [0.717, 1.165) is 28.4 Å². The average Bonchev–Trinajstić information content (AvgIpc) is 3.18. The van der Waals surface area contributed by atoms with E-state index >= 15 is 0 Å². The van der Waals surface area contributed by atoms with Gasteiger partial charge in [0.2, 0.25) is 5.91 Å². The Kier molecular flexibility index (Phi) is 4.60. The quantitative estimate of drug-likeness (QED) is 0.812. The van der Waals surface area contributed by atoms with Gasteiger partial charge in [-0.05, 0) is 49.0 Å². The van der Waals surface area contributed by atoms with Crippen LogP contribution in [0.1, 0.15) is 24.0 Å². The third-order valence-electron chi connectivity index (χ3n) is 3.23. The predicted octanol–water partition coefficient (Wildman–Crippen LogP) is 2.75. The molecule has 4 nitrogen and oxygen atoms in total. The number of rotatable bonds is 5. The topological polar surface area (TPSA) is 66.4 Å². The van der Waals surface area contributed by atoms with Crippen LogP contribution in [0, 0.1) is 12.8 Å². The van der Waals surface area contributed by atoms with Gasteiger partial charge in [0.05, 0.1) is 0 Å². The average molecular weight is 338 g/mol. The van der Waals surface area contributed by atoms with Gasteiger partial charge in [0.1, 0.15) is 6.04 Å². The molecule has 0 bridgehead atoms. The Morgan fingerprint density at radius 2 is 2.15 bits per heavy atom. The maximum Gasteiger partial charge on any atom is 0.326 e. The normalized spacial score (nSPS) is 16.1. The van der Waals surface area contributed by atoms with Crippen molar-refractivity contribution in [3.8, 4) is 0 Å². The molecule has 0 heterocycles. The number of aryl methyl sites for hydroxylation is 1. The van der Waals surface area contributed by atoms with Gasteiger partial charge < -0.3 is 10.4 Å². The lowest BCUT2D eigenvalue weighted by Crippen LogP contribution is -2.41. The maximum absolute atomic E-state index is 11.8. The molecular formula is C15H16BrNO3. The minimum absolute atomic E-state index is 0.0796. The molecule has 1 unspecified atom stereocenters. The van der Waals surface area contributed by atoms with E-state index in [1.807, 2.05) is 25.1 Å². The van der Waals surface area contributed by atoms with E-state index < -0.39 is 12.0 Å². The number of benzene rings is 1. The second kappa shape index (κ2) is 6.22. The van der Waals surface area contributed by atoms with Crippen molar-refractivity contribution in [1.82, 2.24) is 5.32 Å². The van der Waals surface area contributed by atoms with Gasteiger partial charge in [-0.1, -0.05) is 28.1 Å². The first-order chi connectivity index (χ1) is 9.47. The zero-order valence-electron chi connectivity index (χ0n) is 11.1. The first-order valence-electron chi connectivity index (χ1n) is 6.45. The van der Waals surface area contributed by atoms with Gasteiger partial charge in [-0.25, -0.2) is 4.79 Å². The lowest BCUT2D eigenvalue weighted by molar-refractivity contribution is -0.141. The SMILES string of the molecule is Cc1ccc(C=CC(=O)NC(C(=O)O)C2CC2)c(Br)c1. The number of nitrogens with one attached hydrogen (secondary N) is 1. The number of carbonyl (C=O) groups excluding carboxylic acids is 1. The summed E-state index contributed by atoms with van der Waals surface area (Å²) in [7, 11) is 0. The third kappa shape index (κ3) is 3.93. The zero-order chi connectivity index (χ0) is 14.7. The fourth-order valence-electron chi connectivity index (χ4n) is 1.94. The van der Waals surface area contributed by atoms with Gasteiger partial charge in [-0.2, -0.15) is 0 Å². The van der Waals surface area contributed by atoms with Crippen LogP contribution >= 0.6 is 15.9 Å². The Labute approximate surface area is 126 Å². The molecule has 1 aliphatic rings. The van der Waals surface area contributed by atoms with Crippen LogP contribution in [0.5, 0.6) is 0 Å². The van der Waals surface area contributed by atoms with Gasteiger partial charge in [0.25, 0.3) is 0 Å². The van der Waals surface area contributed by atoms with Crippen molar-refractivity contribution in [2.45, 2.75) is 25.8 Å². The molecular weight excluding hydrogens is 322 g/mol. The highest BCUT2D eigenvalue weighted by Crippen LogP contribution is 2.32. The summed E-state index contributed by atoms with van der Waals surface area (Å²) in [5.74, 6) is -1.27. The van der Waals surface area contributed by atoms with Crippen molar-refractivity contribution in [1.29, 1.82) is 0 Å². The lowest BCUT2D eigenvalue weighted by atomic mass is 10.1. The van der Waals surface area contributed by atoms with Crippen molar-refractivity contribution in [3.05, 3.63) is 39.9 Å². The van der Waals surface area contributed by atoms with E-state index in [0.29, 0.717) is 0 Å². The molecule has 5 heteroatoms. The number of carboxylic acid groups (broad SMARTS) is 1. The molecule has 0 aliphatic heterocycles. The van der Waals surface area contributed by atoms with Crippen LogP contribution in [-0.2, 0) is 9.59 Å². The number of hydrogen-bond donors (Lipinski definition) is 2. The summed E-state index contributed by atoms with van der Waals surface area (Å²) in [6.07, 6.45) is 4.77. The third-order valence-corrected chi connectivity index (χ3v) is 3.91. The van der Waals surface area contributed by atoms with E-state index in [-0.39, 0.29) is 11.8 Å². The first-order valence-corrected chi connectivity index (χ1v) is 7.24. The Bertz CT molecular complexity index is 564. The molecule has 1 atom stereocenters. The molecule has 2 N–H and O–H groups in total. The molecule has 1 saturated carbocycles. The highest BCUT2D eigenvalue weighted by Gasteiger charge is 2.36. The Hall–Kier alpha value is -1.62. The van der Waals surface area contributed by atoms with E-state index in [2.05, 4.69) is 21.2 Å². The van der Waals surface area contributed by atoms with E-state index in [1.165, 1.54) is 6.08 Å². The number of hydrogen-bond acceptors (Lipinski definition) is 2. The number of carbonyl (C=O) groups is 2. The largest absolute Gasteiger partial charge is 0.480 e. The number of amides is 1. The molecule has 1 fully saturated rings. The molecule has 0 radical (unpaired) electrons. The number of aliphatic carboxylic acids is 1. The van der Waals surface area contributed by atoms with Crippen molar-refractivity contribution in [3.63, 3.8) is 0 Å². The Balaban J connectivity index is 1.99. The monoisotopic (exact) mass is 337 g/mol. The standard InChI is InChI=1S/C15H16BrNO3/c1-9-2-3-10(12(16)8-9)6-7-13(18)17-14(15(19)20)11-4-5-11/h2-3,6-8,11,14H,4-5H2,1H3,(H,17,18)(H,19,20). The Morgan fingerprint density at radius 3 is 2.70 bits per heavy atom. The van der Waals surface area contributed by atoms with E-state index in [4.69, 9.17) is 5.11 Å². The second-order valence-electron chi connectivity index (χ2n) is 5.02. The zero-order valence-corrected chi connectivity index (χ0v) is 12.7. The molecule has 1 aromatic carbocycles. The minimum atomic E-state index is -0.967. The molecule has 0 saturated heterocycles. The smallest absolute Gasteiger partial charge is 0.326 e. The van der Waals surface area contributed by atoms with Crippen molar-refractivity contribution >= 4 is 33.9 Å². The summed E-state index contributed by atoms with van der Waals surface area (Å²) in [6.45, 7) is 1.98. The van der Waals surface area contributed by atoms with Crippen LogP contribution in [0.3, 0.4) is 0 Å². The molecule has 0 aromatic heterocycles. The maximum atomic E-state index is 11.8. The van der Waals surface area contributed by atoms with Crippen LogP contribution in [0.4, 0.5) is 0 Å². The second-order valence-corrected chi connectivity index (χ2v) is 5.87. The summed E-state index contributed by atoms with van der Waals surface area (Å²) in [5, 5.41) is 11.6. The molecule has 2 rings (SSSR count). The van der Waals surface area contributed by atoms with Gasteiger partial charge >= 0.3 is 5.97 Å². The lowest BCUT2D eigenvalue weighted by Gasteiger charge is -2.11. The summed E-state index contributed by atoms with van der Waals surface area (Å²) in [5.41, 5.74) is 2.00. The van der Waals surface area contributed by atoms with Crippen molar-refractivity contribution in [2.75, 3.05) is 0 Å². The molecule has 106 valence electrons. The van der Waals surface area contributed by atoms with E-state index in [1.54, 1.807) is 6.08 Å². The molecule has 1 amide bonds. The first kappa shape index (κ1) is 14.8. The van der Waals surface area contributed by atoms with Gasteiger partial charge in [-0.15, -0.1) is 0 Å². The van der Waals surface area contributed by atoms with Crippen LogP contribution in [0.2, 0.25) is 0 Å². The summed E-state index contributed by atoms with van der Waals surface area (Å²) < 4.78 is 0.901. The fraction of sp³-hybridized carbons (Fsp3) is 0.333. The molecule has 1 aromatic rings. The highest BCUT2D eigenvalue weighted by atomic mass is 79.9. The van der Waals surface area contributed by atoms with Crippen molar-refractivity contribution in [2.24, 2.45) is 5.92 Å². The van der Waals surface area contributed by atoms with Crippen molar-refractivity contribution < 1.29 is 14.7 Å². The molecule has 0 spiro atoms. The van der Waals surface area contributed by atoms with Gasteiger partial charge in [-0.3, -0.25) is 4.79 Å². The molecule has 20 heavy (non-hydrogen) atoms. The summed E-state index contributed by atoms with van der Waals surface area (Å²) in [4.78, 5) is 22.8. The van der Waals surface area contributed by atoms with Crippen LogP contribution < -0.4 is 5.32 Å². The van der Waals surface area contributed by atoms with Crippen LogP contribution in [-0.4, -0.2) is 23.0 Å². The summed E-state index contributed by atoms with van der Waals surface area (Å²) in [6, 6.07) is 5.04. The van der Waals surface area contributed by atoms with E-state index in [9.17, 15) is 9.59 Å². The van der Waals surface area contributed by atoms with Crippen LogP contribution in [0.15, 0.2) is 28.7 Å². The minimum Gasteiger partial charge on any atom is -0.480 e. The predicted molar refractivity (Wildman–Crippen MR) is 80.2 cm³/mol. The highest BCUT2D eigenvalue weighted by molar-refractivity contribution is 9.10. The van der Waals surface area contributed by atoms with Gasteiger partial charge in [0.15, 0.2) is 0 Å². The number of halogens is 1. The molecule has 1 aliphatic carbocycles.